The van der Waals surface area contributed by atoms with E-state index in [9.17, 15) is 14.0 Å². The van der Waals surface area contributed by atoms with Crippen LogP contribution in [-0.4, -0.2) is 31.1 Å². The first-order valence-corrected chi connectivity index (χ1v) is 12.9. The van der Waals surface area contributed by atoms with Crippen LogP contribution in [0.4, 0.5) is 14.7 Å². The summed E-state index contributed by atoms with van der Waals surface area (Å²) in [5.74, 6) is -3.30. The number of carbonyl (C=O) groups is 2. The summed E-state index contributed by atoms with van der Waals surface area (Å²) in [5.41, 5.74) is 6.51. The SMILES string of the molecule is COC(=O)c1ccc(NC(=O)[C@@H]2N[C@@H](CC(C)(C)C)[C@](N)(c3ccc(Cl)cc3F)[C@H]2C(/C=C\C=C\Cl)=C\F)o1. The molecule has 1 aromatic heterocycles. The Morgan fingerprint density at radius 3 is 2.56 bits per heavy atom. The first kappa shape index (κ1) is 30.6. The number of carbonyl (C=O) groups excluding carboxylic acids is 2. The van der Waals surface area contributed by atoms with Gasteiger partial charge in [-0.2, -0.15) is 0 Å². The molecule has 1 aromatic carbocycles. The third-order valence-corrected chi connectivity index (χ3v) is 6.88. The highest BCUT2D eigenvalue weighted by atomic mass is 35.5. The van der Waals surface area contributed by atoms with E-state index in [0.717, 1.165) is 6.07 Å². The summed E-state index contributed by atoms with van der Waals surface area (Å²) in [6, 6.07) is 4.98. The zero-order chi connectivity index (χ0) is 29.0. The lowest BCUT2D eigenvalue weighted by atomic mass is 9.68. The normalized spacial score (nSPS) is 24.0. The van der Waals surface area contributed by atoms with Crippen molar-refractivity contribution in [1.82, 2.24) is 5.32 Å². The number of halogens is 4. The topological polar surface area (TPSA) is 107 Å². The zero-order valence-electron chi connectivity index (χ0n) is 21.9. The number of hydrogen-bond acceptors (Lipinski definition) is 6. The number of hydrogen-bond donors (Lipinski definition) is 3. The van der Waals surface area contributed by atoms with Crippen molar-refractivity contribution in [3.05, 3.63) is 88.2 Å². The number of benzene rings is 1. The molecule has 7 nitrogen and oxygen atoms in total. The van der Waals surface area contributed by atoms with Gasteiger partial charge in [0.1, 0.15) is 5.82 Å². The highest BCUT2D eigenvalue weighted by molar-refractivity contribution is 6.30. The van der Waals surface area contributed by atoms with E-state index in [1.165, 1.54) is 55.1 Å². The highest BCUT2D eigenvalue weighted by Crippen LogP contribution is 2.47. The molecule has 0 aliphatic carbocycles. The summed E-state index contributed by atoms with van der Waals surface area (Å²) in [5, 5.41) is 6.00. The van der Waals surface area contributed by atoms with Crippen LogP contribution < -0.4 is 16.4 Å². The molecule has 1 amide bonds. The van der Waals surface area contributed by atoms with Crippen LogP contribution in [0.2, 0.25) is 5.02 Å². The maximum Gasteiger partial charge on any atom is 0.374 e. The monoisotopic (exact) mass is 581 g/mol. The Kier molecular flexibility index (Phi) is 9.77. The Morgan fingerprint density at radius 2 is 1.97 bits per heavy atom. The van der Waals surface area contributed by atoms with Crippen molar-refractivity contribution in [1.29, 1.82) is 0 Å². The number of nitrogens with two attached hydrogens (primary N) is 1. The number of esters is 1. The van der Waals surface area contributed by atoms with Crippen molar-refractivity contribution in [3.63, 3.8) is 0 Å². The van der Waals surface area contributed by atoms with Crippen LogP contribution in [0.15, 0.2) is 70.4 Å². The van der Waals surface area contributed by atoms with Gasteiger partial charge in [-0.1, -0.05) is 68.3 Å². The first-order chi connectivity index (χ1) is 18.3. The third kappa shape index (κ3) is 6.78. The van der Waals surface area contributed by atoms with Gasteiger partial charge in [0.05, 0.1) is 25.0 Å². The standard InChI is InChI=1S/C28H31Cl2F2N3O4/c1-27(2,3)14-21-28(33,18-9-8-17(30)13-19(18)32)23(16(15-31)7-5-6-12-29)24(34-21)25(36)35-22-11-10-20(39-22)26(37)38-4/h5-13,15,21,23-24,34H,14,33H2,1-4H3,(H,35,36)/b7-5-,12-6+,16-15-/t21-,23-,24+,28+/m0/s1. The van der Waals surface area contributed by atoms with Crippen molar-refractivity contribution in [2.45, 2.75) is 44.8 Å². The minimum Gasteiger partial charge on any atom is -0.463 e. The number of allylic oxidation sites excluding steroid dienone is 3. The average molecular weight is 582 g/mol. The summed E-state index contributed by atoms with van der Waals surface area (Å²) in [7, 11) is 1.19. The van der Waals surface area contributed by atoms with Gasteiger partial charge in [-0.15, -0.1) is 0 Å². The predicted octanol–water partition coefficient (Wildman–Crippen LogP) is 6.21. The predicted molar refractivity (Wildman–Crippen MR) is 148 cm³/mol. The molecular formula is C28H31Cl2F2N3O4. The molecule has 39 heavy (non-hydrogen) atoms. The van der Waals surface area contributed by atoms with Crippen molar-refractivity contribution in [3.8, 4) is 0 Å². The fourth-order valence-electron chi connectivity index (χ4n) is 4.91. The van der Waals surface area contributed by atoms with Crippen LogP contribution in [0.25, 0.3) is 0 Å². The molecule has 2 aromatic rings. The molecule has 0 saturated carbocycles. The van der Waals surface area contributed by atoms with E-state index in [-0.39, 0.29) is 33.2 Å². The lowest BCUT2D eigenvalue weighted by molar-refractivity contribution is -0.118. The lowest BCUT2D eigenvalue weighted by Gasteiger charge is -2.39. The molecule has 4 atom stereocenters. The largest absolute Gasteiger partial charge is 0.463 e. The molecule has 0 bridgehead atoms. The van der Waals surface area contributed by atoms with Crippen LogP contribution in [0.3, 0.4) is 0 Å². The number of anilines is 1. The smallest absolute Gasteiger partial charge is 0.374 e. The maximum atomic E-state index is 15.5. The number of amides is 1. The van der Waals surface area contributed by atoms with Crippen LogP contribution in [0, 0.1) is 17.2 Å². The summed E-state index contributed by atoms with van der Waals surface area (Å²) < 4.78 is 40.0. The van der Waals surface area contributed by atoms with Crippen molar-refractivity contribution >= 4 is 41.0 Å². The van der Waals surface area contributed by atoms with Crippen molar-refractivity contribution in [2.24, 2.45) is 17.1 Å². The van der Waals surface area contributed by atoms with Gasteiger partial charge in [0.25, 0.3) is 0 Å². The summed E-state index contributed by atoms with van der Waals surface area (Å²) in [6.07, 6.45) is 5.11. The zero-order valence-corrected chi connectivity index (χ0v) is 23.4. The van der Waals surface area contributed by atoms with Gasteiger partial charge in [0.2, 0.25) is 17.6 Å². The third-order valence-electron chi connectivity index (χ3n) is 6.50. The number of furan rings is 1. The van der Waals surface area contributed by atoms with Crippen LogP contribution in [-0.2, 0) is 15.1 Å². The summed E-state index contributed by atoms with van der Waals surface area (Å²) in [6.45, 7) is 5.93. The van der Waals surface area contributed by atoms with E-state index in [1.807, 2.05) is 20.8 Å². The second-order valence-electron chi connectivity index (χ2n) is 10.4. The maximum absolute atomic E-state index is 15.5. The Morgan fingerprint density at radius 1 is 1.26 bits per heavy atom. The molecule has 0 spiro atoms. The minimum absolute atomic E-state index is 0.0281. The number of nitrogens with one attached hydrogen (secondary N) is 2. The molecule has 11 heteroatoms. The fraction of sp³-hybridized carbons (Fsp3) is 0.357. The van der Waals surface area contributed by atoms with Gasteiger partial charge in [-0.3, -0.25) is 10.1 Å². The molecule has 1 aliphatic rings. The number of rotatable bonds is 8. The van der Waals surface area contributed by atoms with Crippen LogP contribution in [0.1, 0.15) is 43.3 Å². The quantitative estimate of drug-likeness (QED) is 0.253. The molecule has 1 fully saturated rings. The van der Waals surface area contributed by atoms with Gasteiger partial charge in [-0.25, -0.2) is 13.6 Å². The van der Waals surface area contributed by atoms with Crippen molar-refractivity contribution < 1.29 is 27.5 Å². The van der Waals surface area contributed by atoms with Gasteiger partial charge in [0, 0.05) is 34.1 Å². The Hall–Kier alpha value is -2.98. The van der Waals surface area contributed by atoms with E-state index >= 15 is 4.39 Å². The molecule has 3 rings (SSSR count). The molecule has 210 valence electrons. The number of ether oxygens (including phenoxy) is 1. The van der Waals surface area contributed by atoms with Crippen LogP contribution in [0.5, 0.6) is 0 Å². The van der Waals surface area contributed by atoms with E-state index < -0.39 is 41.2 Å². The highest BCUT2D eigenvalue weighted by Gasteiger charge is 2.58. The molecule has 0 radical (unpaired) electrons. The fourth-order valence-corrected chi connectivity index (χ4v) is 5.15. The van der Waals surface area contributed by atoms with Crippen molar-refractivity contribution in [2.75, 3.05) is 12.4 Å². The average Bonchev–Trinajstić information content (AvgIpc) is 3.44. The van der Waals surface area contributed by atoms with Gasteiger partial charge in [0.15, 0.2) is 0 Å². The molecule has 2 heterocycles. The second-order valence-corrected chi connectivity index (χ2v) is 11.1. The Balaban J connectivity index is 2.16. The van der Waals surface area contributed by atoms with E-state index in [0.29, 0.717) is 12.8 Å². The Bertz CT molecular complexity index is 1300. The van der Waals surface area contributed by atoms with Gasteiger partial charge >= 0.3 is 5.97 Å². The van der Waals surface area contributed by atoms with E-state index in [1.54, 1.807) is 0 Å². The van der Waals surface area contributed by atoms with E-state index in [4.69, 9.17) is 33.4 Å². The van der Waals surface area contributed by atoms with Gasteiger partial charge in [-0.05, 0) is 35.6 Å². The molecule has 1 aliphatic heterocycles. The summed E-state index contributed by atoms with van der Waals surface area (Å²) in [4.78, 5) is 25.4. The molecule has 1 saturated heterocycles. The molecule has 0 unspecified atom stereocenters. The van der Waals surface area contributed by atoms with Crippen LogP contribution >= 0.6 is 23.2 Å². The van der Waals surface area contributed by atoms with E-state index in [2.05, 4.69) is 15.4 Å². The Labute approximate surface area is 236 Å². The van der Waals surface area contributed by atoms with Gasteiger partial charge < -0.3 is 20.2 Å². The molecule has 4 N–H and O–H groups in total. The summed E-state index contributed by atoms with van der Waals surface area (Å²) >= 11 is 11.6. The lowest BCUT2D eigenvalue weighted by Crippen LogP contribution is -2.53. The second kappa shape index (κ2) is 12.5. The first-order valence-electron chi connectivity index (χ1n) is 12.1. The minimum atomic E-state index is -1.60. The number of methoxy groups -OCH3 is 1. The molecular weight excluding hydrogens is 551 g/mol.